The summed E-state index contributed by atoms with van der Waals surface area (Å²) in [5.74, 6) is 0. The average Bonchev–Trinajstić information content (AvgIpc) is 2.85. The summed E-state index contributed by atoms with van der Waals surface area (Å²) in [4.78, 5) is 0. The minimum absolute atomic E-state index is 0.940. The highest BCUT2D eigenvalue weighted by Crippen LogP contribution is 2.25. The van der Waals surface area contributed by atoms with Crippen LogP contribution in [0.4, 0.5) is 0 Å². The van der Waals surface area contributed by atoms with Crippen molar-refractivity contribution in [3.8, 4) is 0 Å². The highest BCUT2D eigenvalue weighted by atomic mass is 14.9. The maximum atomic E-state index is 3.47. The zero-order valence-corrected chi connectivity index (χ0v) is 11.3. The van der Waals surface area contributed by atoms with Crippen molar-refractivity contribution in [3.63, 3.8) is 0 Å². The first-order valence-electron chi connectivity index (χ1n) is 6.99. The Balaban J connectivity index is 1.86. The van der Waals surface area contributed by atoms with Crippen LogP contribution in [0.5, 0.6) is 0 Å². The molecule has 0 atom stereocenters. The van der Waals surface area contributed by atoms with Crippen LogP contribution in [0.3, 0.4) is 0 Å². The first-order valence-corrected chi connectivity index (χ1v) is 6.99. The van der Waals surface area contributed by atoms with Crippen molar-refractivity contribution < 1.29 is 0 Å². The Morgan fingerprint density at radius 3 is 2.63 bits per heavy atom. The summed E-state index contributed by atoms with van der Waals surface area (Å²) < 4.78 is 0. The molecule has 1 nitrogen and oxygen atoms in total. The van der Waals surface area contributed by atoms with Gasteiger partial charge in [0.05, 0.1) is 0 Å². The van der Waals surface area contributed by atoms with E-state index in [9.17, 15) is 0 Å². The predicted octanol–water partition coefficient (Wildman–Crippen LogP) is 4.24. The summed E-state index contributed by atoms with van der Waals surface area (Å²) in [6, 6.07) is 17.5. The molecule has 0 aromatic heterocycles. The molecule has 19 heavy (non-hydrogen) atoms. The van der Waals surface area contributed by atoms with Gasteiger partial charge in [-0.15, -0.1) is 0 Å². The first kappa shape index (κ1) is 12.0. The molecule has 0 aliphatic carbocycles. The lowest BCUT2D eigenvalue weighted by Crippen LogP contribution is -2.00. The molecule has 2 aromatic carbocycles. The molecule has 0 saturated heterocycles. The number of hydrogen-bond donors (Lipinski definition) is 1. The van der Waals surface area contributed by atoms with Gasteiger partial charge in [-0.2, -0.15) is 0 Å². The third kappa shape index (κ3) is 2.55. The van der Waals surface area contributed by atoms with Crippen molar-refractivity contribution in [1.82, 2.24) is 5.32 Å². The Labute approximate surface area is 115 Å². The van der Waals surface area contributed by atoms with Crippen LogP contribution in [0, 0.1) is 0 Å². The Bertz CT molecular complexity index is 593. The monoisotopic (exact) mass is 249 g/mol. The minimum Gasteiger partial charge on any atom is -0.380 e. The summed E-state index contributed by atoms with van der Waals surface area (Å²) in [5.41, 5.74) is 6.64. The standard InChI is InChI=1S/C18H19N/c1-2-5-14-8-10-15(11-9-14)12-18-17-7-4-3-6-16(17)13-19-18/h3-4,6-12,19H,2,5,13H2,1H3. The third-order valence-corrected chi connectivity index (χ3v) is 3.61. The highest BCUT2D eigenvalue weighted by Gasteiger charge is 2.13. The van der Waals surface area contributed by atoms with Crippen LogP contribution in [0.1, 0.15) is 35.6 Å². The van der Waals surface area contributed by atoms with Gasteiger partial charge >= 0.3 is 0 Å². The topological polar surface area (TPSA) is 12.0 Å². The van der Waals surface area contributed by atoms with Crippen LogP contribution >= 0.6 is 0 Å². The smallest absolute Gasteiger partial charge is 0.0425 e. The predicted molar refractivity (Wildman–Crippen MR) is 81.6 cm³/mol. The van der Waals surface area contributed by atoms with Crippen molar-refractivity contribution in [2.24, 2.45) is 0 Å². The number of hydrogen-bond acceptors (Lipinski definition) is 1. The summed E-state index contributed by atoms with van der Waals surface area (Å²) in [5, 5.41) is 3.47. The van der Waals surface area contributed by atoms with Crippen molar-refractivity contribution in [2.75, 3.05) is 0 Å². The Kier molecular flexibility index (Phi) is 3.37. The fourth-order valence-corrected chi connectivity index (χ4v) is 2.59. The average molecular weight is 249 g/mol. The van der Waals surface area contributed by atoms with Gasteiger partial charge in [-0.3, -0.25) is 0 Å². The number of nitrogens with one attached hydrogen (secondary N) is 1. The molecule has 1 aliphatic heterocycles. The molecule has 0 radical (unpaired) electrons. The van der Waals surface area contributed by atoms with Crippen molar-refractivity contribution in [2.45, 2.75) is 26.3 Å². The normalized spacial score (nSPS) is 15.3. The Morgan fingerprint density at radius 1 is 1.05 bits per heavy atom. The van der Waals surface area contributed by atoms with Crippen LogP contribution in [0.25, 0.3) is 11.8 Å². The van der Waals surface area contributed by atoms with Gasteiger partial charge in [-0.05, 0) is 29.2 Å². The maximum Gasteiger partial charge on any atom is 0.0425 e. The summed E-state index contributed by atoms with van der Waals surface area (Å²) in [6.07, 6.45) is 4.61. The van der Waals surface area contributed by atoms with E-state index >= 15 is 0 Å². The second-order valence-electron chi connectivity index (χ2n) is 5.06. The quantitative estimate of drug-likeness (QED) is 0.858. The lowest BCUT2D eigenvalue weighted by molar-refractivity contribution is 0.922. The van der Waals surface area contributed by atoms with Gasteiger partial charge in [0, 0.05) is 17.8 Å². The van der Waals surface area contributed by atoms with Crippen molar-refractivity contribution in [1.29, 1.82) is 0 Å². The lowest BCUT2D eigenvalue weighted by Gasteiger charge is -2.03. The molecule has 0 spiro atoms. The third-order valence-electron chi connectivity index (χ3n) is 3.61. The molecule has 0 bridgehead atoms. The number of benzene rings is 2. The van der Waals surface area contributed by atoms with Gasteiger partial charge in [0.25, 0.3) is 0 Å². The molecule has 0 fully saturated rings. The van der Waals surface area contributed by atoms with Gasteiger partial charge in [0.2, 0.25) is 0 Å². The molecule has 1 heteroatoms. The lowest BCUT2D eigenvalue weighted by atomic mass is 10.0. The van der Waals surface area contributed by atoms with Crippen LogP contribution in [0.15, 0.2) is 48.5 Å². The van der Waals surface area contributed by atoms with Crippen LogP contribution in [-0.4, -0.2) is 0 Å². The summed E-state index contributed by atoms with van der Waals surface area (Å²) >= 11 is 0. The summed E-state index contributed by atoms with van der Waals surface area (Å²) in [6.45, 7) is 3.16. The zero-order valence-electron chi connectivity index (χ0n) is 11.3. The molecule has 1 heterocycles. The minimum atomic E-state index is 0.940. The van der Waals surface area contributed by atoms with E-state index in [1.165, 1.54) is 34.4 Å². The van der Waals surface area contributed by atoms with E-state index < -0.39 is 0 Å². The molecule has 2 aromatic rings. The van der Waals surface area contributed by atoms with E-state index in [1.54, 1.807) is 0 Å². The molecule has 0 amide bonds. The Morgan fingerprint density at radius 2 is 1.84 bits per heavy atom. The molecule has 1 aliphatic rings. The van der Waals surface area contributed by atoms with Crippen LogP contribution in [0.2, 0.25) is 0 Å². The van der Waals surface area contributed by atoms with E-state index in [4.69, 9.17) is 0 Å². The number of fused-ring (bicyclic) bond motifs is 1. The molecular formula is C18H19N. The molecule has 1 N–H and O–H groups in total. The fourth-order valence-electron chi connectivity index (χ4n) is 2.59. The van der Waals surface area contributed by atoms with Gasteiger partial charge < -0.3 is 5.32 Å². The van der Waals surface area contributed by atoms with E-state index in [2.05, 4.69) is 66.8 Å². The summed E-state index contributed by atoms with van der Waals surface area (Å²) in [7, 11) is 0. The SMILES string of the molecule is CCCc1ccc(C=C2NCc3ccccc32)cc1. The molecule has 96 valence electrons. The molecule has 3 rings (SSSR count). The van der Waals surface area contributed by atoms with Gasteiger partial charge in [-0.1, -0.05) is 61.9 Å². The van der Waals surface area contributed by atoms with Crippen LogP contribution in [-0.2, 0) is 13.0 Å². The second kappa shape index (κ2) is 5.31. The molecular weight excluding hydrogens is 230 g/mol. The molecule has 0 saturated carbocycles. The molecule has 0 unspecified atom stereocenters. The van der Waals surface area contributed by atoms with E-state index in [0.717, 1.165) is 13.0 Å². The number of rotatable bonds is 3. The largest absolute Gasteiger partial charge is 0.380 e. The zero-order chi connectivity index (χ0) is 13.1. The van der Waals surface area contributed by atoms with Crippen LogP contribution < -0.4 is 5.32 Å². The number of aryl methyl sites for hydroxylation is 1. The van der Waals surface area contributed by atoms with E-state index in [0.29, 0.717) is 0 Å². The Hall–Kier alpha value is -2.02. The maximum absolute atomic E-state index is 3.47. The van der Waals surface area contributed by atoms with Gasteiger partial charge in [0.15, 0.2) is 0 Å². The highest BCUT2D eigenvalue weighted by molar-refractivity contribution is 5.83. The first-order chi connectivity index (χ1) is 9.36. The van der Waals surface area contributed by atoms with E-state index in [-0.39, 0.29) is 0 Å². The van der Waals surface area contributed by atoms with Crippen molar-refractivity contribution >= 4 is 11.8 Å². The van der Waals surface area contributed by atoms with Gasteiger partial charge in [-0.25, -0.2) is 0 Å². The van der Waals surface area contributed by atoms with Gasteiger partial charge in [0.1, 0.15) is 0 Å². The second-order valence-corrected chi connectivity index (χ2v) is 5.06. The fraction of sp³-hybridized carbons (Fsp3) is 0.222. The van der Waals surface area contributed by atoms with Crippen molar-refractivity contribution in [3.05, 3.63) is 70.8 Å². The van der Waals surface area contributed by atoms with E-state index in [1.807, 2.05) is 0 Å².